The maximum absolute atomic E-state index is 13.7. The summed E-state index contributed by atoms with van der Waals surface area (Å²) in [7, 11) is 0. The largest absolute Gasteiger partial charge is 0.490 e. The van der Waals surface area contributed by atoms with Gasteiger partial charge in [-0.05, 0) is 18.9 Å². The van der Waals surface area contributed by atoms with Gasteiger partial charge in [-0.15, -0.1) is 0 Å². The van der Waals surface area contributed by atoms with Crippen LogP contribution in [-0.4, -0.2) is 55.6 Å². The van der Waals surface area contributed by atoms with Crippen LogP contribution in [0, 0.1) is 5.92 Å². The summed E-state index contributed by atoms with van der Waals surface area (Å²) in [5, 5.41) is 2.40. The van der Waals surface area contributed by atoms with E-state index in [1.54, 1.807) is 48.5 Å². The van der Waals surface area contributed by atoms with Crippen molar-refractivity contribution in [2.24, 2.45) is 16.6 Å². The Kier molecular flexibility index (Phi) is 8.32. The zero-order valence-electron chi connectivity index (χ0n) is 20.7. The lowest BCUT2D eigenvalue weighted by Gasteiger charge is -2.31. The van der Waals surface area contributed by atoms with Gasteiger partial charge >= 0.3 is 6.18 Å². The van der Waals surface area contributed by atoms with Crippen molar-refractivity contribution in [3.63, 3.8) is 0 Å². The Labute approximate surface area is 221 Å². The predicted octanol–water partition coefficient (Wildman–Crippen LogP) is 3.44. The minimum atomic E-state index is -4.68. The SMILES string of the molecule is NC(=O)[C@@H](CCCF)/C(=C\CC(F)(F)F)C(=O)N[C@H]1N=C(c2ccccc2)c2cccc3c2N(CCO3)C1=O. The summed E-state index contributed by atoms with van der Waals surface area (Å²) in [4.78, 5) is 45.1. The monoisotopic (exact) mass is 546 g/mol. The van der Waals surface area contributed by atoms with Crippen LogP contribution >= 0.6 is 0 Å². The highest BCUT2D eigenvalue weighted by atomic mass is 19.4. The molecule has 39 heavy (non-hydrogen) atoms. The molecule has 2 atom stereocenters. The molecule has 8 nitrogen and oxygen atoms in total. The maximum Gasteiger partial charge on any atom is 0.392 e. The van der Waals surface area contributed by atoms with E-state index in [9.17, 15) is 31.9 Å². The van der Waals surface area contributed by atoms with Crippen molar-refractivity contribution in [1.82, 2.24) is 5.32 Å². The average Bonchev–Trinajstić information content (AvgIpc) is 3.02. The van der Waals surface area contributed by atoms with Gasteiger partial charge in [0.05, 0.1) is 37.0 Å². The molecule has 0 spiro atoms. The normalized spacial score (nSPS) is 17.9. The number of hydrogen-bond acceptors (Lipinski definition) is 5. The van der Waals surface area contributed by atoms with Crippen molar-refractivity contribution in [2.45, 2.75) is 31.6 Å². The molecule has 2 aliphatic heterocycles. The van der Waals surface area contributed by atoms with Gasteiger partial charge in [-0.1, -0.05) is 48.5 Å². The molecule has 12 heteroatoms. The number of benzene rings is 2. The molecule has 0 radical (unpaired) electrons. The van der Waals surface area contributed by atoms with Crippen LogP contribution in [0.2, 0.25) is 0 Å². The molecule has 3 N–H and O–H groups in total. The van der Waals surface area contributed by atoms with Crippen molar-refractivity contribution in [2.75, 3.05) is 24.7 Å². The fourth-order valence-electron chi connectivity index (χ4n) is 4.57. The number of ether oxygens (including phenoxy) is 1. The van der Waals surface area contributed by atoms with E-state index in [0.29, 0.717) is 34.4 Å². The van der Waals surface area contributed by atoms with Gasteiger partial charge in [0.15, 0.2) is 0 Å². The summed E-state index contributed by atoms with van der Waals surface area (Å²) in [5.41, 5.74) is 6.78. The molecule has 3 amide bonds. The lowest BCUT2D eigenvalue weighted by atomic mass is 9.91. The fourth-order valence-corrected chi connectivity index (χ4v) is 4.57. The van der Waals surface area contributed by atoms with Gasteiger partial charge in [-0.3, -0.25) is 18.8 Å². The first-order chi connectivity index (χ1) is 18.6. The van der Waals surface area contributed by atoms with E-state index >= 15 is 0 Å². The number of carbonyl (C=O) groups excluding carboxylic acids is 3. The smallest absolute Gasteiger partial charge is 0.392 e. The standard InChI is InChI=1S/C27H26F4N4O4/c28-13-5-9-17(23(32)36)18(11-12-27(29,30)31)25(37)34-24-26(38)35-14-15-39-20-10-4-8-19(22(20)35)21(33-24)16-6-2-1-3-7-16/h1-4,6-8,10-11,17,24H,5,9,12-15H2,(H2,32,36)(H,34,37)/b18-11+/t17-,24+/m0/s1. The van der Waals surface area contributed by atoms with Gasteiger partial charge in [0.2, 0.25) is 18.0 Å². The number of hydrogen-bond donors (Lipinski definition) is 2. The molecule has 4 rings (SSSR count). The number of alkyl halides is 4. The highest BCUT2D eigenvalue weighted by molar-refractivity contribution is 6.21. The van der Waals surface area contributed by atoms with Gasteiger partial charge in [-0.2, -0.15) is 13.2 Å². The Morgan fingerprint density at radius 3 is 2.59 bits per heavy atom. The number of anilines is 1. The third-order valence-electron chi connectivity index (χ3n) is 6.33. The Morgan fingerprint density at radius 2 is 1.92 bits per heavy atom. The summed E-state index contributed by atoms with van der Waals surface area (Å²) in [6.07, 6.45) is -7.68. The Balaban J connectivity index is 1.77. The highest BCUT2D eigenvalue weighted by Crippen LogP contribution is 2.38. The van der Waals surface area contributed by atoms with Crippen LogP contribution in [0.25, 0.3) is 0 Å². The van der Waals surface area contributed by atoms with Gasteiger partial charge in [0, 0.05) is 16.7 Å². The van der Waals surface area contributed by atoms with Gasteiger partial charge in [-0.25, -0.2) is 4.99 Å². The lowest BCUT2D eigenvalue weighted by Crippen LogP contribution is -2.50. The van der Waals surface area contributed by atoms with Crippen LogP contribution in [0.5, 0.6) is 5.75 Å². The average molecular weight is 547 g/mol. The second kappa shape index (κ2) is 11.7. The number of nitrogens with two attached hydrogens (primary N) is 1. The second-order valence-electron chi connectivity index (χ2n) is 8.98. The van der Waals surface area contributed by atoms with Crippen LogP contribution in [-0.2, 0) is 14.4 Å². The zero-order chi connectivity index (χ0) is 28.2. The molecule has 0 saturated carbocycles. The number of allylic oxidation sites excluding steroid dienone is 1. The summed E-state index contributed by atoms with van der Waals surface area (Å²) in [5.74, 6) is -3.91. The molecule has 2 aromatic rings. The third kappa shape index (κ3) is 6.27. The predicted molar refractivity (Wildman–Crippen MR) is 135 cm³/mol. The Morgan fingerprint density at radius 1 is 1.18 bits per heavy atom. The van der Waals surface area contributed by atoms with Crippen molar-refractivity contribution in [1.29, 1.82) is 0 Å². The molecule has 2 aromatic carbocycles. The fraction of sp³-hybridized carbons (Fsp3) is 0.333. The Bertz CT molecular complexity index is 1310. The van der Waals surface area contributed by atoms with E-state index in [1.807, 2.05) is 0 Å². The van der Waals surface area contributed by atoms with Crippen molar-refractivity contribution < 1.29 is 36.7 Å². The summed E-state index contributed by atoms with van der Waals surface area (Å²) < 4.78 is 57.8. The van der Waals surface area contributed by atoms with E-state index in [2.05, 4.69) is 10.3 Å². The van der Waals surface area contributed by atoms with Crippen LogP contribution < -0.4 is 20.7 Å². The third-order valence-corrected chi connectivity index (χ3v) is 6.33. The molecular formula is C27H26F4N4O4. The lowest BCUT2D eigenvalue weighted by molar-refractivity contribution is -0.129. The Hall–Kier alpha value is -4.22. The first kappa shape index (κ1) is 27.8. The van der Waals surface area contributed by atoms with Gasteiger partial charge < -0.3 is 20.7 Å². The minimum Gasteiger partial charge on any atom is -0.490 e. The van der Waals surface area contributed by atoms with Crippen LogP contribution in [0.4, 0.5) is 23.2 Å². The second-order valence-corrected chi connectivity index (χ2v) is 8.98. The van der Waals surface area contributed by atoms with Crippen molar-refractivity contribution in [3.8, 4) is 5.75 Å². The first-order valence-electron chi connectivity index (χ1n) is 12.2. The highest BCUT2D eigenvalue weighted by Gasteiger charge is 2.38. The topological polar surface area (TPSA) is 114 Å². The summed E-state index contributed by atoms with van der Waals surface area (Å²) in [6.45, 7) is -0.543. The molecule has 0 aromatic heterocycles. The molecule has 206 valence electrons. The number of nitrogens with zero attached hydrogens (tertiary/aromatic N) is 2. The molecule has 0 unspecified atom stereocenters. The van der Waals surface area contributed by atoms with E-state index in [-0.39, 0.29) is 26.0 Å². The first-order valence-corrected chi connectivity index (χ1v) is 12.2. The quantitative estimate of drug-likeness (QED) is 0.371. The zero-order valence-corrected chi connectivity index (χ0v) is 20.7. The number of primary amides is 1. The van der Waals surface area contributed by atoms with E-state index in [4.69, 9.17) is 10.5 Å². The van der Waals surface area contributed by atoms with Gasteiger partial charge in [0.1, 0.15) is 12.4 Å². The van der Waals surface area contributed by atoms with E-state index < -0.39 is 54.7 Å². The molecule has 0 bridgehead atoms. The van der Waals surface area contributed by atoms with E-state index in [0.717, 1.165) is 0 Å². The molecule has 0 saturated heterocycles. The van der Waals surface area contributed by atoms with E-state index in [1.165, 1.54) is 4.90 Å². The number of nitrogens with one attached hydrogen (secondary N) is 1. The summed E-state index contributed by atoms with van der Waals surface area (Å²) >= 11 is 0. The van der Waals surface area contributed by atoms with Crippen LogP contribution in [0.15, 0.2) is 65.2 Å². The number of halogens is 4. The molecular weight excluding hydrogens is 520 g/mol. The van der Waals surface area contributed by atoms with Crippen molar-refractivity contribution in [3.05, 3.63) is 71.3 Å². The number of rotatable bonds is 9. The van der Waals surface area contributed by atoms with Gasteiger partial charge in [0.25, 0.3) is 5.91 Å². The maximum atomic E-state index is 13.7. The van der Waals surface area contributed by atoms with Crippen LogP contribution in [0.1, 0.15) is 30.4 Å². The molecule has 2 aliphatic rings. The van der Waals surface area contributed by atoms with Crippen molar-refractivity contribution >= 4 is 29.1 Å². The van der Waals surface area contributed by atoms with Crippen LogP contribution in [0.3, 0.4) is 0 Å². The molecule has 0 fully saturated rings. The molecule has 0 aliphatic carbocycles. The minimum absolute atomic E-state index is 0.143. The number of carbonyl (C=O) groups is 3. The number of aliphatic imine (C=N–C) groups is 1. The summed E-state index contributed by atoms with van der Waals surface area (Å²) in [6, 6.07) is 14.0. The number of amides is 3. The number of para-hydroxylation sites is 1. The molecule has 2 heterocycles.